The Labute approximate surface area is 114 Å². The first-order valence-electron chi connectivity index (χ1n) is 6.03. The molecule has 0 aromatic carbocycles. The second-order valence-corrected chi connectivity index (χ2v) is 7.05. The van der Waals surface area contributed by atoms with Gasteiger partial charge >= 0.3 is 0 Å². The Kier molecular flexibility index (Phi) is 4.72. The van der Waals surface area contributed by atoms with Crippen LogP contribution in [0.25, 0.3) is 0 Å². The summed E-state index contributed by atoms with van der Waals surface area (Å²) in [5.74, 6) is 0. The van der Waals surface area contributed by atoms with E-state index in [4.69, 9.17) is 5.73 Å². The lowest BCUT2D eigenvalue weighted by Gasteiger charge is -2.32. The largest absolute Gasteiger partial charge is 0.326 e. The van der Waals surface area contributed by atoms with Crippen molar-refractivity contribution in [1.82, 2.24) is 19.8 Å². The van der Waals surface area contributed by atoms with Gasteiger partial charge in [-0.05, 0) is 34.9 Å². The third-order valence-electron chi connectivity index (χ3n) is 3.40. The quantitative estimate of drug-likeness (QED) is 0.672. The highest BCUT2D eigenvalue weighted by Crippen LogP contribution is 2.16. The van der Waals surface area contributed by atoms with Crippen LogP contribution in [0, 0.1) is 6.92 Å². The molecule has 0 aliphatic carbocycles. The molecule has 0 radical (unpaired) electrons. The highest BCUT2D eigenvalue weighted by atomic mass is 32.2. The molecule has 0 aliphatic heterocycles. The second-order valence-electron chi connectivity index (χ2n) is 5.37. The van der Waals surface area contributed by atoms with Crippen molar-refractivity contribution in [2.24, 2.45) is 5.73 Å². The molecule has 1 aromatic rings. The van der Waals surface area contributed by atoms with Gasteiger partial charge in [0.2, 0.25) is 0 Å². The van der Waals surface area contributed by atoms with E-state index in [2.05, 4.69) is 14.9 Å². The van der Waals surface area contributed by atoms with Crippen LogP contribution in [-0.2, 0) is 16.6 Å². The van der Waals surface area contributed by atoms with Gasteiger partial charge in [0.25, 0.3) is 10.0 Å². The first-order valence-corrected chi connectivity index (χ1v) is 7.51. The molecule has 0 aliphatic rings. The van der Waals surface area contributed by atoms with Crippen molar-refractivity contribution in [2.75, 3.05) is 20.6 Å². The van der Waals surface area contributed by atoms with Crippen LogP contribution in [0.3, 0.4) is 0 Å². The zero-order valence-corrected chi connectivity index (χ0v) is 12.9. The molecule has 1 rings (SSSR count). The van der Waals surface area contributed by atoms with Gasteiger partial charge in [-0.15, -0.1) is 0 Å². The fourth-order valence-corrected chi connectivity index (χ4v) is 2.80. The second kappa shape index (κ2) is 5.58. The third-order valence-corrected chi connectivity index (χ3v) is 4.77. The molecule has 110 valence electrons. The Morgan fingerprint density at radius 3 is 2.47 bits per heavy atom. The van der Waals surface area contributed by atoms with E-state index >= 15 is 0 Å². The monoisotopic (exact) mass is 289 g/mol. The first-order chi connectivity index (χ1) is 8.62. The summed E-state index contributed by atoms with van der Waals surface area (Å²) < 4.78 is 27.0. The molecule has 0 amide bonds. The number of likely N-dealkylation sites (N-methyl/N-ethyl adjacent to an activating group) is 1. The van der Waals surface area contributed by atoms with Crippen LogP contribution in [0.4, 0.5) is 0 Å². The van der Waals surface area contributed by atoms with E-state index in [1.165, 1.54) is 0 Å². The van der Waals surface area contributed by atoms with Crippen LogP contribution in [0.1, 0.15) is 25.1 Å². The van der Waals surface area contributed by atoms with Crippen LogP contribution in [0.15, 0.2) is 5.03 Å². The molecule has 0 saturated heterocycles. The van der Waals surface area contributed by atoms with E-state index in [0.717, 1.165) is 0 Å². The minimum Gasteiger partial charge on any atom is -0.326 e. The van der Waals surface area contributed by atoms with Gasteiger partial charge in [-0.25, -0.2) is 13.1 Å². The molecule has 1 heterocycles. The van der Waals surface area contributed by atoms with Gasteiger partial charge in [0, 0.05) is 29.9 Å². The molecule has 0 fully saturated rings. The van der Waals surface area contributed by atoms with E-state index in [-0.39, 0.29) is 23.7 Å². The lowest BCUT2D eigenvalue weighted by molar-refractivity contribution is 0.199. The van der Waals surface area contributed by atoms with Gasteiger partial charge in [0.1, 0.15) is 0 Å². The fraction of sp³-hybridized carbons (Fsp3) is 0.727. The molecule has 0 atom stereocenters. The predicted octanol–water partition coefficient (Wildman–Crippen LogP) is -0.205. The van der Waals surface area contributed by atoms with Crippen molar-refractivity contribution < 1.29 is 8.42 Å². The van der Waals surface area contributed by atoms with E-state index < -0.39 is 10.0 Å². The van der Waals surface area contributed by atoms with Crippen LogP contribution in [0.5, 0.6) is 0 Å². The molecule has 0 unspecified atom stereocenters. The Morgan fingerprint density at radius 2 is 2.00 bits per heavy atom. The van der Waals surface area contributed by atoms with Gasteiger partial charge in [-0.1, -0.05) is 0 Å². The summed E-state index contributed by atoms with van der Waals surface area (Å²) >= 11 is 0. The number of hydrogen-bond donors (Lipinski definition) is 3. The van der Waals surface area contributed by atoms with Crippen molar-refractivity contribution in [3.8, 4) is 0 Å². The zero-order chi connectivity index (χ0) is 14.8. The first kappa shape index (κ1) is 16.1. The average molecular weight is 289 g/mol. The summed E-state index contributed by atoms with van der Waals surface area (Å²) in [7, 11) is 0.154. The third kappa shape index (κ3) is 3.53. The van der Waals surface area contributed by atoms with Gasteiger partial charge in [0.15, 0.2) is 5.03 Å². The fourth-order valence-electron chi connectivity index (χ4n) is 1.39. The number of hydrogen-bond acceptors (Lipinski definition) is 5. The molecule has 0 bridgehead atoms. The average Bonchev–Trinajstić information content (AvgIpc) is 2.68. The number of aromatic amines is 1. The summed E-state index contributed by atoms with van der Waals surface area (Å²) in [5.41, 5.74) is 6.47. The van der Waals surface area contributed by atoms with E-state index in [1.54, 1.807) is 6.92 Å². The maximum Gasteiger partial charge on any atom is 0.260 e. The van der Waals surface area contributed by atoms with E-state index in [9.17, 15) is 8.42 Å². The summed E-state index contributed by atoms with van der Waals surface area (Å²) in [4.78, 5) is 1.95. The lowest BCUT2D eigenvalue weighted by Crippen LogP contribution is -2.48. The highest BCUT2D eigenvalue weighted by molar-refractivity contribution is 7.89. The number of aromatic nitrogens is 2. The molecule has 8 heteroatoms. The van der Waals surface area contributed by atoms with Crippen LogP contribution in [-0.4, -0.2) is 49.7 Å². The van der Waals surface area contributed by atoms with Crippen molar-refractivity contribution in [1.29, 1.82) is 0 Å². The number of rotatable bonds is 6. The van der Waals surface area contributed by atoms with Gasteiger partial charge in [-0.3, -0.25) is 5.10 Å². The molecular formula is C11H23N5O2S. The maximum atomic E-state index is 12.2. The van der Waals surface area contributed by atoms with E-state index in [0.29, 0.717) is 11.3 Å². The molecule has 0 saturated carbocycles. The minimum atomic E-state index is -3.65. The van der Waals surface area contributed by atoms with Crippen LogP contribution in [0.2, 0.25) is 0 Å². The van der Waals surface area contributed by atoms with Crippen molar-refractivity contribution >= 4 is 10.0 Å². The molecule has 1 aromatic heterocycles. The predicted molar refractivity (Wildman–Crippen MR) is 74.2 cm³/mol. The molecule has 7 nitrogen and oxygen atoms in total. The molecule has 19 heavy (non-hydrogen) atoms. The maximum absolute atomic E-state index is 12.2. The Hall–Kier alpha value is -0.960. The number of nitrogens with zero attached hydrogens (tertiary/aromatic N) is 2. The standard InChI is InChI=1S/C11H23N5O2S/c1-8-9(6-12)10(15-14-8)19(17,18)13-7-11(2,3)16(4)5/h13H,6-7,12H2,1-5H3,(H,14,15). The Bertz CT molecular complexity index is 533. The SMILES string of the molecule is Cc1[nH]nc(S(=O)(=O)NCC(C)(C)N(C)C)c1CN. The van der Waals surface area contributed by atoms with Gasteiger partial charge in [-0.2, -0.15) is 5.10 Å². The smallest absolute Gasteiger partial charge is 0.260 e. The number of aryl methyl sites for hydroxylation is 1. The zero-order valence-electron chi connectivity index (χ0n) is 12.1. The summed E-state index contributed by atoms with van der Waals surface area (Å²) in [5, 5.41) is 6.48. The molecule has 4 N–H and O–H groups in total. The van der Waals surface area contributed by atoms with Crippen LogP contribution < -0.4 is 10.5 Å². The number of H-pyrrole nitrogens is 1. The van der Waals surface area contributed by atoms with Crippen molar-refractivity contribution in [3.63, 3.8) is 0 Å². The summed E-state index contributed by atoms with van der Waals surface area (Å²) in [6.07, 6.45) is 0. The Morgan fingerprint density at radius 1 is 1.42 bits per heavy atom. The summed E-state index contributed by atoms with van der Waals surface area (Å²) in [6.45, 7) is 6.08. The minimum absolute atomic E-state index is 0.0120. The van der Waals surface area contributed by atoms with Crippen molar-refractivity contribution in [3.05, 3.63) is 11.3 Å². The van der Waals surface area contributed by atoms with Gasteiger partial charge in [0.05, 0.1) is 0 Å². The Balaban J connectivity index is 2.94. The van der Waals surface area contributed by atoms with Crippen LogP contribution >= 0.6 is 0 Å². The molecular weight excluding hydrogens is 266 g/mol. The summed E-state index contributed by atoms with van der Waals surface area (Å²) in [6, 6.07) is 0. The molecule has 0 spiro atoms. The van der Waals surface area contributed by atoms with Gasteiger partial charge < -0.3 is 10.6 Å². The topological polar surface area (TPSA) is 104 Å². The number of nitrogens with one attached hydrogen (secondary N) is 2. The number of sulfonamides is 1. The highest BCUT2D eigenvalue weighted by Gasteiger charge is 2.27. The lowest BCUT2D eigenvalue weighted by atomic mass is 10.1. The number of nitrogens with two attached hydrogens (primary N) is 1. The van der Waals surface area contributed by atoms with E-state index in [1.807, 2.05) is 32.8 Å². The van der Waals surface area contributed by atoms with Crippen molar-refractivity contribution in [2.45, 2.75) is 37.9 Å². The normalized spacial score (nSPS) is 13.2.